The lowest BCUT2D eigenvalue weighted by Gasteiger charge is -2.26. The number of nitrogens with zero attached hydrogens (tertiary/aromatic N) is 1. The Morgan fingerprint density at radius 2 is 1.90 bits per heavy atom. The number of nitrogens with one attached hydrogen (secondary N) is 1. The molecule has 6 nitrogen and oxygen atoms in total. The Labute approximate surface area is 133 Å². The molecule has 1 heterocycles. The minimum Gasteiger partial charge on any atom is -0.316 e. The van der Waals surface area contributed by atoms with Gasteiger partial charge >= 0.3 is 0 Å². The summed E-state index contributed by atoms with van der Waals surface area (Å²) in [5, 5.41) is 2.99. The summed E-state index contributed by atoms with van der Waals surface area (Å²) in [6, 6.07) is 5.05. The van der Waals surface area contributed by atoms with Crippen LogP contribution in [0.25, 0.3) is 0 Å². The molecule has 1 N–H and O–H groups in total. The fourth-order valence-corrected chi connectivity index (χ4v) is 6.10. The predicted molar refractivity (Wildman–Crippen MR) is 84.3 cm³/mol. The Hall–Kier alpha value is -0.480. The maximum atomic E-state index is 12.6. The Morgan fingerprint density at radius 3 is 2.43 bits per heavy atom. The number of sulfone groups is 1. The van der Waals surface area contributed by atoms with Crippen LogP contribution in [-0.4, -0.2) is 52.8 Å². The molecule has 0 bridgehead atoms. The molecule has 0 unspecified atom stereocenters. The van der Waals surface area contributed by atoms with Crippen molar-refractivity contribution in [3.8, 4) is 0 Å². The van der Waals surface area contributed by atoms with Crippen LogP contribution in [0.4, 0.5) is 0 Å². The lowest BCUT2D eigenvalue weighted by Crippen LogP contribution is -2.43. The standard InChI is InChI=1S/C12H17BrN2O4S2/c1-14-9-10-2-3-12(11(13)8-10)21(18,19)15-4-6-20(16,17)7-5-15/h2-3,8,14H,4-7,9H2,1H3. The van der Waals surface area contributed by atoms with Crippen molar-refractivity contribution >= 4 is 35.8 Å². The zero-order valence-corrected chi connectivity index (χ0v) is 14.8. The SMILES string of the molecule is CNCc1ccc(S(=O)(=O)N2CCS(=O)(=O)CC2)c(Br)c1. The van der Waals surface area contributed by atoms with Gasteiger partial charge in [-0.25, -0.2) is 16.8 Å². The summed E-state index contributed by atoms with van der Waals surface area (Å²) in [5.74, 6) is -0.247. The second kappa shape index (κ2) is 6.33. The van der Waals surface area contributed by atoms with Crippen molar-refractivity contribution in [1.29, 1.82) is 0 Å². The number of hydrogen-bond donors (Lipinski definition) is 1. The second-order valence-electron chi connectivity index (χ2n) is 4.85. The summed E-state index contributed by atoms with van der Waals surface area (Å²) in [7, 11) is -4.97. The second-order valence-corrected chi connectivity index (χ2v) is 9.92. The maximum Gasteiger partial charge on any atom is 0.244 e. The summed E-state index contributed by atoms with van der Waals surface area (Å²) in [6.07, 6.45) is 0. The molecule has 0 saturated carbocycles. The van der Waals surface area contributed by atoms with Gasteiger partial charge in [0, 0.05) is 24.1 Å². The van der Waals surface area contributed by atoms with E-state index in [0.717, 1.165) is 5.56 Å². The van der Waals surface area contributed by atoms with Gasteiger partial charge in [-0.05, 0) is 40.7 Å². The van der Waals surface area contributed by atoms with Crippen molar-refractivity contribution in [2.24, 2.45) is 0 Å². The smallest absolute Gasteiger partial charge is 0.244 e. The number of rotatable bonds is 4. The van der Waals surface area contributed by atoms with Crippen LogP contribution in [0.15, 0.2) is 27.6 Å². The van der Waals surface area contributed by atoms with Gasteiger partial charge in [-0.2, -0.15) is 4.31 Å². The van der Waals surface area contributed by atoms with Crippen molar-refractivity contribution in [3.05, 3.63) is 28.2 Å². The minimum absolute atomic E-state index is 0.00930. The highest BCUT2D eigenvalue weighted by atomic mass is 79.9. The van der Waals surface area contributed by atoms with Gasteiger partial charge in [0.25, 0.3) is 0 Å². The molecule has 0 amide bonds. The highest BCUT2D eigenvalue weighted by Gasteiger charge is 2.32. The van der Waals surface area contributed by atoms with E-state index in [9.17, 15) is 16.8 Å². The van der Waals surface area contributed by atoms with Crippen LogP contribution in [0.2, 0.25) is 0 Å². The van der Waals surface area contributed by atoms with E-state index in [1.165, 1.54) is 4.31 Å². The molecule has 0 aliphatic carbocycles. The Balaban J connectivity index is 2.28. The number of sulfonamides is 1. The molecule has 0 aromatic heterocycles. The normalized spacial score (nSPS) is 19.5. The van der Waals surface area contributed by atoms with Crippen LogP contribution < -0.4 is 5.32 Å². The van der Waals surface area contributed by atoms with Crippen LogP contribution in [0, 0.1) is 0 Å². The van der Waals surface area contributed by atoms with Crippen molar-refractivity contribution < 1.29 is 16.8 Å². The third kappa shape index (κ3) is 3.84. The van der Waals surface area contributed by atoms with Crippen molar-refractivity contribution in [3.63, 3.8) is 0 Å². The van der Waals surface area contributed by atoms with Crippen molar-refractivity contribution in [2.75, 3.05) is 31.6 Å². The predicted octanol–water partition coefficient (Wildman–Crippen LogP) is 0.588. The highest BCUT2D eigenvalue weighted by molar-refractivity contribution is 9.10. The van der Waals surface area contributed by atoms with Gasteiger partial charge in [0.05, 0.1) is 16.4 Å². The first-order valence-corrected chi connectivity index (χ1v) is 10.5. The first-order valence-electron chi connectivity index (χ1n) is 6.40. The van der Waals surface area contributed by atoms with Gasteiger partial charge in [0.2, 0.25) is 10.0 Å². The molecule has 1 aliphatic rings. The Bertz CT molecular complexity index is 718. The molecule has 0 radical (unpaired) electrons. The van der Waals surface area contributed by atoms with Gasteiger partial charge in [-0.15, -0.1) is 0 Å². The summed E-state index contributed by atoms with van der Waals surface area (Å²) < 4.78 is 49.7. The summed E-state index contributed by atoms with van der Waals surface area (Å²) in [5.41, 5.74) is 0.963. The van der Waals surface area contributed by atoms with Gasteiger partial charge in [-0.3, -0.25) is 0 Å². The molecule has 1 aromatic rings. The van der Waals surface area contributed by atoms with E-state index in [1.54, 1.807) is 18.2 Å². The number of benzene rings is 1. The van der Waals surface area contributed by atoms with Crippen molar-refractivity contribution in [2.45, 2.75) is 11.4 Å². The molecule has 21 heavy (non-hydrogen) atoms. The van der Waals surface area contributed by atoms with E-state index in [-0.39, 0.29) is 29.5 Å². The molecule has 118 valence electrons. The van der Waals surface area contributed by atoms with Crippen LogP contribution in [0.1, 0.15) is 5.56 Å². The average molecular weight is 397 g/mol. The quantitative estimate of drug-likeness (QED) is 0.804. The molecule has 2 rings (SSSR count). The summed E-state index contributed by atoms with van der Waals surface area (Å²) >= 11 is 3.29. The van der Waals surface area contributed by atoms with Crippen LogP contribution in [0.3, 0.4) is 0 Å². The fraction of sp³-hybridized carbons (Fsp3) is 0.500. The van der Waals surface area contributed by atoms with Crippen LogP contribution in [-0.2, 0) is 26.4 Å². The zero-order valence-electron chi connectivity index (χ0n) is 11.5. The maximum absolute atomic E-state index is 12.6. The van der Waals surface area contributed by atoms with E-state index in [4.69, 9.17) is 0 Å². The first-order chi connectivity index (χ1) is 9.76. The molecule has 1 aliphatic heterocycles. The largest absolute Gasteiger partial charge is 0.316 e. The monoisotopic (exact) mass is 396 g/mol. The third-order valence-electron chi connectivity index (χ3n) is 3.30. The molecule has 0 atom stereocenters. The van der Waals surface area contributed by atoms with Gasteiger partial charge in [0.1, 0.15) is 0 Å². The minimum atomic E-state index is -3.67. The Kier molecular flexibility index (Phi) is 5.09. The Morgan fingerprint density at radius 1 is 1.29 bits per heavy atom. The third-order valence-corrected chi connectivity index (χ3v) is 7.78. The first kappa shape index (κ1) is 16.9. The zero-order chi connectivity index (χ0) is 15.7. The number of hydrogen-bond acceptors (Lipinski definition) is 5. The molecule has 1 aromatic carbocycles. The molecule has 9 heteroatoms. The topological polar surface area (TPSA) is 83.6 Å². The average Bonchev–Trinajstić information content (AvgIpc) is 2.38. The lowest BCUT2D eigenvalue weighted by atomic mass is 10.2. The van der Waals surface area contributed by atoms with Crippen LogP contribution >= 0.6 is 15.9 Å². The van der Waals surface area contributed by atoms with E-state index < -0.39 is 19.9 Å². The van der Waals surface area contributed by atoms with Gasteiger partial charge < -0.3 is 5.32 Å². The molecule has 0 spiro atoms. The van der Waals surface area contributed by atoms with Crippen LogP contribution in [0.5, 0.6) is 0 Å². The number of halogens is 1. The summed E-state index contributed by atoms with van der Waals surface area (Å²) in [4.78, 5) is 0.168. The van der Waals surface area contributed by atoms with E-state index in [2.05, 4.69) is 21.2 Å². The highest BCUT2D eigenvalue weighted by Crippen LogP contribution is 2.27. The van der Waals surface area contributed by atoms with Gasteiger partial charge in [0.15, 0.2) is 9.84 Å². The van der Waals surface area contributed by atoms with E-state index in [0.29, 0.717) is 11.0 Å². The summed E-state index contributed by atoms with van der Waals surface area (Å²) in [6.45, 7) is 0.658. The van der Waals surface area contributed by atoms with Crippen molar-refractivity contribution in [1.82, 2.24) is 9.62 Å². The van der Waals surface area contributed by atoms with E-state index >= 15 is 0 Å². The van der Waals surface area contributed by atoms with E-state index in [1.807, 2.05) is 7.05 Å². The molecular formula is C12H17BrN2O4S2. The fourth-order valence-electron chi connectivity index (χ4n) is 2.14. The molecular weight excluding hydrogens is 380 g/mol. The molecule has 1 fully saturated rings. The molecule has 1 saturated heterocycles. The lowest BCUT2D eigenvalue weighted by molar-refractivity contribution is 0.430. The van der Waals surface area contributed by atoms with Gasteiger partial charge in [-0.1, -0.05) is 6.07 Å².